The summed E-state index contributed by atoms with van der Waals surface area (Å²) < 4.78 is 0. The van der Waals surface area contributed by atoms with Gasteiger partial charge in [0.15, 0.2) is 0 Å². The molecule has 7 heteroatoms. The molecular formula is C14H23N3O4. The van der Waals surface area contributed by atoms with Crippen LogP contribution in [0.15, 0.2) is 0 Å². The van der Waals surface area contributed by atoms with Crippen molar-refractivity contribution in [2.24, 2.45) is 5.92 Å². The quantitative estimate of drug-likeness (QED) is 0.718. The van der Waals surface area contributed by atoms with Crippen LogP contribution in [0.25, 0.3) is 0 Å². The van der Waals surface area contributed by atoms with Crippen molar-refractivity contribution in [3.8, 4) is 0 Å². The number of carbonyl (C=O) groups is 3. The van der Waals surface area contributed by atoms with E-state index < -0.39 is 0 Å². The summed E-state index contributed by atoms with van der Waals surface area (Å²) in [6.45, 7) is 3.09. The Kier molecular flexibility index (Phi) is 4.82. The number of nitrogens with zero attached hydrogens (tertiary/aromatic N) is 3. The summed E-state index contributed by atoms with van der Waals surface area (Å²) in [7, 11) is 1.59. The number of carbonyl (C=O) groups excluding carboxylic acids is 3. The van der Waals surface area contributed by atoms with E-state index >= 15 is 0 Å². The van der Waals surface area contributed by atoms with Crippen LogP contribution in [0.2, 0.25) is 0 Å². The van der Waals surface area contributed by atoms with Crippen LogP contribution < -0.4 is 0 Å². The van der Waals surface area contributed by atoms with E-state index in [0.29, 0.717) is 25.3 Å². The van der Waals surface area contributed by atoms with Crippen LogP contribution >= 0.6 is 0 Å². The Morgan fingerprint density at radius 2 is 2.10 bits per heavy atom. The minimum Gasteiger partial charge on any atom is -0.394 e. The largest absolute Gasteiger partial charge is 0.394 e. The van der Waals surface area contributed by atoms with Gasteiger partial charge in [0.25, 0.3) is 0 Å². The van der Waals surface area contributed by atoms with E-state index in [9.17, 15) is 19.5 Å². The van der Waals surface area contributed by atoms with Crippen molar-refractivity contribution in [1.29, 1.82) is 0 Å². The van der Waals surface area contributed by atoms with Gasteiger partial charge in [0.2, 0.25) is 11.8 Å². The van der Waals surface area contributed by atoms with E-state index in [0.717, 1.165) is 6.42 Å². The van der Waals surface area contributed by atoms with Crippen LogP contribution in [0.4, 0.5) is 4.79 Å². The maximum Gasteiger partial charge on any atom is 0.326 e. The molecule has 7 nitrogen and oxygen atoms in total. The van der Waals surface area contributed by atoms with Crippen molar-refractivity contribution in [1.82, 2.24) is 14.7 Å². The molecule has 21 heavy (non-hydrogen) atoms. The van der Waals surface area contributed by atoms with E-state index in [1.807, 2.05) is 6.92 Å². The molecular weight excluding hydrogens is 274 g/mol. The predicted octanol–water partition coefficient (Wildman–Crippen LogP) is -0.110. The van der Waals surface area contributed by atoms with Gasteiger partial charge in [-0.3, -0.25) is 14.5 Å². The van der Waals surface area contributed by atoms with E-state index in [1.165, 1.54) is 9.80 Å². The zero-order valence-electron chi connectivity index (χ0n) is 12.6. The molecule has 0 aromatic heterocycles. The SMILES string of the molecule is CC1CCN(C(=O)CCCN2C(=O)CN(C)C2=O)C1CO. The van der Waals surface area contributed by atoms with Crippen LogP contribution in [0.5, 0.6) is 0 Å². The van der Waals surface area contributed by atoms with Gasteiger partial charge in [0.05, 0.1) is 12.6 Å². The molecule has 2 aliphatic rings. The standard InChI is InChI=1S/C14H23N3O4/c1-10-5-7-16(11(10)9-18)12(19)4-3-6-17-13(20)8-15(2)14(17)21/h10-11,18H,3-9H2,1-2H3. The normalized spacial score (nSPS) is 26.1. The van der Waals surface area contributed by atoms with Crippen LogP contribution in [-0.4, -0.2) is 77.0 Å². The van der Waals surface area contributed by atoms with Gasteiger partial charge >= 0.3 is 6.03 Å². The average Bonchev–Trinajstić information content (AvgIpc) is 2.93. The summed E-state index contributed by atoms with van der Waals surface area (Å²) in [5.74, 6) is 0.0955. The number of aliphatic hydroxyl groups excluding tert-OH is 1. The molecule has 2 aliphatic heterocycles. The summed E-state index contributed by atoms with van der Waals surface area (Å²) in [6, 6.07) is -0.394. The first-order chi connectivity index (χ1) is 9.95. The third kappa shape index (κ3) is 3.18. The van der Waals surface area contributed by atoms with Gasteiger partial charge in [-0.1, -0.05) is 6.92 Å². The molecule has 0 radical (unpaired) electrons. The Morgan fingerprint density at radius 1 is 1.38 bits per heavy atom. The molecule has 2 unspecified atom stereocenters. The van der Waals surface area contributed by atoms with E-state index in [-0.39, 0.29) is 43.6 Å². The first kappa shape index (κ1) is 15.8. The van der Waals surface area contributed by atoms with Crippen molar-refractivity contribution in [2.45, 2.75) is 32.2 Å². The van der Waals surface area contributed by atoms with E-state index in [1.54, 1.807) is 11.9 Å². The van der Waals surface area contributed by atoms with Gasteiger partial charge in [-0.2, -0.15) is 0 Å². The topological polar surface area (TPSA) is 81.2 Å². The molecule has 1 N–H and O–H groups in total. The molecule has 2 atom stereocenters. The maximum absolute atomic E-state index is 12.2. The van der Waals surface area contributed by atoms with Gasteiger partial charge < -0.3 is 14.9 Å². The molecule has 0 aliphatic carbocycles. The van der Waals surface area contributed by atoms with Crippen LogP contribution in [0.1, 0.15) is 26.2 Å². The minimum absolute atomic E-state index is 0.00847. The van der Waals surface area contributed by atoms with Crippen LogP contribution in [0, 0.1) is 5.92 Å². The van der Waals surface area contributed by atoms with Gasteiger partial charge in [0.1, 0.15) is 6.54 Å². The lowest BCUT2D eigenvalue weighted by atomic mass is 10.0. The summed E-state index contributed by atoms with van der Waals surface area (Å²) in [5.41, 5.74) is 0. The Hall–Kier alpha value is -1.63. The molecule has 4 amide bonds. The summed E-state index contributed by atoms with van der Waals surface area (Å²) in [6.07, 6.45) is 1.67. The second-order valence-corrected chi connectivity index (χ2v) is 5.89. The molecule has 2 fully saturated rings. The predicted molar refractivity (Wildman–Crippen MR) is 75.3 cm³/mol. The molecule has 0 bridgehead atoms. The summed E-state index contributed by atoms with van der Waals surface area (Å²) >= 11 is 0. The number of urea groups is 1. The van der Waals surface area contributed by atoms with Gasteiger partial charge in [-0.15, -0.1) is 0 Å². The lowest BCUT2D eigenvalue weighted by Gasteiger charge is -2.25. The van der Waals surface area contributed by atoms with Crippen LogP contribution in [-0.2, 0) is 9.59 Å². The second kappa shape index (κ2) is 6.43. The molecule has 118 valence electrons. The summed E-state index contributed by atoms with van der Waals surface area (Å²) in [4.78, 5) is 39.8. The monoisotopic (exact) mass is 297 g/mol. The maximum atomic E-state index is 12.2. The number of likely N-dealkylation sites (N-methyl/N-ethyl adjacent to an activating group) is 1. The van der Waals surface area contributed by atoms with Crippen molar-refractivity contribution in [3.05, 3.63) is 0 Å². The molecule has 0 aromatic rings. The Morgan fingerprint density at radius 3 is 2.67 bits per heavy atom. The zero-order chi connectivity index (χ0) is 15.6. The van der Waals surface area contributed by atoms with E-state index in [2.05, 4.69) is 0 Å². The Balaban J connectivity index is 1.80. The number of imide groups is 1. The lowest BCUT2D eigenvalue weighted by molar-refractivity contribution is -0.133. The Labute approximate surface area is 124 Å². The number of hydrogen-bond acceptors (Lipinski definition) is 4. The van der Waals surface area contributed by atoms with Crippen molar-refractivity contribution >= 4 is 17.8 Å². The van der Waals surface area contributed by atoms with Gasteiger partial charge in [0, 0.05) is 26.6 Å². The third-order valence-corrected chi connectivity index (χ3v) is 4.39. The highest BCUT2D eigenvalue weighted by Gasteiger charge is 2.35. The molecule has 0 aromatic carbocycles. The molecule has 2 saturated heterocycles. The highest BCUT2D eigenvalue weighted by atomic mass is 16.3. The number of aliphatic hydroxyl groups is 1. The zero-order valence-corrected chi connectivity index (χ0v) is 12.6. The fraction of sp³-hybridized carbons (Fsp3) is 0.786. The fourth-order valence-electron chi connectivity index (χ4n) is 3.02. The molecule has 2 heterocycles. The van der Waals surface area contributed by atoms with E-state index in [4.69, 9.17) is 0 Å². The smallest absolute Gasteiger partial charge is 0.326 e. The average molecular weight is 297 g/mol. The molecule has 2 rings (SSSR count). The highest BCUT2D eigenvalue weighted by Crippen LogP contribution is 2.24. The number of amides is 4. The fourth-order valence-corrected chi connectivity index (χ4v) is 3.02. The number of hydrogen-bond donors (Lipinski definition) is 1. The first-order valence-corrected chi connectivity index (χ1v) is 7.41. The van der Waals surface area contributed by atoms with Gasteiger partial charge in [-0.25, -0.2) is 4.79 Å². The second-order valence-electron chi connectivity index (χ2n) is 5.89. The molecule has 0 spiro atoms. The molecule has 0 saturated carbocycles. The lowest BCUT2D eigenvalue weighted by Crippen LogP contribution is -2.40. The highest BCUT2D eigenvalue weighted by molar-refractivity contribution is 6.01. The van der Waals surface area contributed by atoms with Crippen molar-refractivity contribution < 1.29 is 19.5 Å². The Bertz CT molecular complexity index is 440. The third-order valence-electron chi connectivity index (χ3n) is 4.39. The first-order valence-electron chi connectivity index (χ1n) is 7.41. The van der Waals surface area contributed by atoms with Gasteiger partial charge in [-0.05, 0) is 18.8 Å². The van der Waals surface area contributed by atoms with Crippen LogP contribution in [0.3, 0.4) is 0 Å². The number of rotatable bonds is 5. The van der Waals surface area contributed by atoms with Crippen molar-refractivity contribution in [2.75, 3.05) is 33.3 Å². The minimum atomic E-state index is -0.296. The number of likely N-dealkylation sites (tertiary alicyclic amines) is 1. The van der Waals surface area contributed by atoms with Crippen molar-refractivity contribution in [3.63, 3.8) is 0 Å². The summed E-state index contributed by atoms with van der Waals surface area (Å²) in [5, 5.41) is 9.36.